The normalized spacial score (nSPS) is 25.4. The summed E-state index contributed by atoms with van der Waals surface area (Å²) in [6.45, 7) is 3.83. The summed E-state index contributed by atoms with van der Waals surface area (Å²) < 4.78 is 0.800. The molecule has 2 aliphatic rings. The first kappa shape index (κ1) is 16.6. The highest BCUT2D eigenvalue weighted by atomic mass is 32.1. The molecule has 0 spiro atoms. The minimum Gasteiger partial charge on any atom is -0.369 e. The molecule has 6 nitrogen and oxygen atoms in total. The van der Waals surface area contributed by atoms with Crippen LogP contribution in [0.3, 0.4) is 0 Å². The molecule has 2 aromatic heterocycles. The van der Waals surface area contributed by atoms with Crippen molar-refractivity contribution < 1.29 is 4.79 Å². The third-order valence-corrected chi connectivity index (χ3v) is 6.64. The quantitative estimate of drug-likeness (QED) is 0.874. The molecule has 2 fully saturated rings. The third kappa shape index (κ3) is 3.30. The maximum absolute atomic E-state index is 12.2. The fraction of sp³-hybridized carbons (Fsp3) is 0.556. The van der Waals surface area contributed by atoms with Gasteiger partial charge in [-0.05, 0) is 43.2 Å². The van der Waals surface area contributed by atoms with Gasteiger partial charge in [-0.1, -0.05) is 0 Å². The van der Waals surface area contributed by atoms with Crippen LogP contribution in [0, 0.1) is 5.92 Å². The van der Waals surface area contributed by atoms with Crippen molar-refractivity contribution in [3.05, 3.63) is 27.9 Å². The molecule has 3 heterocycles. The lowest BCUT2D eigenvalue weighted by atomic mass is 9.84. The van der Waals surface area contributed by atoms with Gasteiger partial charge in [0.25, 0.3) is 5.56 Å². The van der Waals surface area contributed by atoms with Crippen molar-refractivity contribution in [3.8, 4) is 0 Å². The van der Waals surface area contributed by atoms with Gasteiger partial charge in [-0.2, -0.15) is 0 Å². The van der Waals surface area contributed by atoms with Gasteiger partial charge >= 0.3 is 0 Å². The Morgan fingerprint density at radius 3 is 2.56 bits per heavy atom. The summed E-state index contributed by atoms with van der Waals surface area (Å²) >= 11 is 1.49. The van der Waals surface area contributed by atoms with Gasteiger partial charge in [-0.3, -0.25) is 14.5 Å². The lowest BCUT2D eigenvalue weighted by Gasteiger charge is -2.42. The second-order valence-electron chi connectivity index (χ2n) is 7.12. The number of carbonyl (C=O) groups is 1. The van der Waals surface area contributed by atoms with Crippen molar-refractivity contribution in [3.63, 3.8) is 0 Å². The Bertz CT molecular complexity index is 814. The summed E-state index contributed by atoms with van der Waals surface area (Å²) in [7, 11) is 0. The summed E-state index contributed by atoms with van der Waals surface area (Å²) in [5.74, 6) is 0.851. The smallest absolute Gasteiger partial charge is 0.267 e. The minimum atomic E-state index is -0.143. The van der Waals surface area contributed by atoms with E-state index in [1.807, 2.05) is 11.4 Å². The first-order valence-corrected chi connectivity index (χ1v) is 9.88. The van der Waals surface area contributed by atoms with Crippen LogP contribution >= 0.6 is 11.3 Å². The highest BCUT2D eigenvalue weighted by molar-refractivity contribution is 7.17. The van der Waals surface area contributed by atoms with Crippen LogP contribution in [0.4, 0.5) is 5.82 Å². The molecule has 0 bridgehead atoms. The number of nitrogens with one attached hydrogen (secondary N) is 1. The Hall–Kier alpha value is -1.86. The van der Waals surface area contributed by atoms with Crippen molar-refractivity contribution in [2.75, 3.05) is 31.1 Å². The maximum atomic E-state index is 12.2. The van der Waals surface area contributed by atoms with E-state index in [1.165, 1.54) is 11.3 Å². The molecule has 0 radical (unpaired) electrons. The van der Waals surface area contributed by atoms with E-state index in [-0.39, 0.29) is 17.4 Å². The summed E-state index contributed by atoms with van der Waals surface area (Å²) in [5, 5.41) is 2.99. The van der Waals surface area contributed by atoms with E-state index in [1.54, 1.807) is 0 Å². The Labute approximate surface area is 150 Å². The van der Waals surface area contributed by atoms with Gasteiger partial charge in [0.2, 0.25) is 5.91 Å². The monoisotopic (exact) mass is 360 g/mol. The lowest BCUT2D eigenvalue weighted by Crippen LogP contribution is -2.51. The van der Waals surface area contributed by atoms with Crippen LogP contribution in [0.15, 0.2) is 22.3 Å². The maximum Gasteiger partial charge on any atom is 0.267 e. The number of H-pyrrole nitrogens is 1. The molecule has 0 unspecified atom stereocenters. The molecule has 25 heavy (non-hydrogen) atoms. The zero-order chi connectivity index (χ0) is 17.4. The highest BCUT2D eigenvalue weighted by Crippen LogP contribution is 2.29. The van der Waals surface area contributed by atoms with Crippen LogP contribution in [0.25, 0.3) is 10.1 Å². The molecule has 134 valence electrons. The number of primary amides is 1. The molecular formula is C18H24N4O2S. The average molecular weight is 360 g/mol. The molecule has 0 aromatic carbocycles. The number of hydrogen-bond donors (Lipinski definition) is 2. The zero-order valence-electron chi connectivity index (χ0n) is 14.2. The number of fused-ring (bicyclic) bond motifs is 1. The van der Waals surface area contributed by atoms with Gasteiger partial charge in [0.15, 0.2) is 0 Å². The van der Waals surface area contributed by atoms with Gasteiger partial charge < -0.3 is 15.6 Å². The number of hydrogen-bond acceptors (Lipinski definition) is 5. The molecule has 1 saturated carbocycles. The van der Waals surface area contributed by atoms with Gasteiger partial charge in [0.1, 0.15) is 5.82 Å². The van der Waals surface area contributed by atoms with Crippen molar-refractivity contribution in [1.29, 1.82) is 0 Å². The van der Waals surface area contributed by atoms with E-state index in [9.17, 15) is 9.59 Å². The van der Waals surface area contributed by atoms with Crippen LogP contribution < -0.4 is 16.2 Å². The molecule has 1 saturated heterocycles. The first-order chi connectivity index (χ1) is 12.1. The van der Waals surface area contributed by atoms with Crippen LogP contribution in [0.1, 0.15) is 25.7 Å². The molecule has 3 N–H and O–H groups in total. The largest absolute Gasteiger partial charge is 0.369 e. The second-order valence-corrected chi connectivity index (χ2v) is 8.04. The summed E-state index contributed by atoms with van der Waals surface area (Å²) in [6, 6.07) is 4.66. The summed E-state index contributed by atoms with van der Waals surface area (Å²) in [4.78, 5) is 31.3. The Balaban J connectivity index is 1.38. The number of aromatic amines is 1. The van der Waals surface area contributed by atoms with Crippen LogP contribution in [-0.4, -0.2) is 48.0 Å². The van der Waals surface area contributed by atoms with Gasteiger partial charge in [-0.15, -0.1) is 11.3 Å². The van der Waals surface area contributed by atoms with Crippen LogP contribution in [0.2, 0.25) is 0 Å². The van der Waals surface area contributed by atoms with Gasteiger partial charge in [0.05, 0.1) is 4.70 Å². The van der Waals surface area contributed by atoms with E-state index in [4.69, 9.17) is 5.73 Å². The number of piperazine rings is 1. The molecule has 2 aromatic rings. The predicted molar refractivity (Wildman–Crippen MR) is 101 cm³/mol. The molecule has 1 amide bonds. The second kappa shape index (κ2) is 6.80. The fourth-order valence-electron chi connectivity index (χ4n) is 4.20. The number of nitrogens with two attached hydrogens (primary N) is 1. The van der Waals surface area contributed by atoms with Crippen LogP contribution in [-0.2, 0) is 4.79 Å². The fourth-order valence-corrected chi connectivity index (χ4v) is 4.97. The van der Waals surface area contributed by atoms with E-state index < -0.39 is 0 Å². The van der Waals surface area contributed by atoms with Crippen molar-refractivity contribution >= 4 is 33.1 Å². The van der Waals surface area contributed by atoms with Gasteiger partial charge in [0, 0.05) is 43.5 Å². The number of carbonyl (C=O) groups excluding carboxylic acids is 1. The zero-order valence-corrected chi connectivity index (χ0v) is 15.1. The molecule has 4 rings (SSSR count). The van der Waals surface area contributed by atoms with E-state index in [2.05, 4.69) is 20.9 Å². The summed E-state index contributed by atoms with van der Waals surface area (Å²) in [5.41, 5.74) is 5.44. The standard InChI is InChI=1S/C18H24N4O2S/c19-17(23)12-1-3-14(4-2-12)21-6-8-22(9-7-21)15-11-13-5-10-25-16(13)18(24)20-15/h5,10-12,14H,1-4,6-9H2,(H2,19,23)(H,20,24). The van der Waals surface area contributed by atoms with Crippen molar-refractivity contribution in [1.82, 2.24) is 9.88 Å². The SMILES string of the molecule is NC(=O)C1CCC(N2CCN(c3cc4ccsc4c(=O)[nH]3)CC2)CC1. The minimum absolute atomic E-state index is 0.00898. The van der Waals surface area contributed by atoms with E-state index in [0.29, 0.717) is 6.04 Å². The number of aromatic nitrogens is 1. The van der Waals surface area contributed by atoms with Crippen molar-refractivity contribution in [2.24, 2.45) is 11.7 Å². The highest BCUT2D eigenvalue weighted by Gasteiger charge is 2.30. The molecule has 1 aliphatic carbocycles. The van der Waals surface area contributed by atoms with Crippen LogP contribution in [0.5, 0.6) is 0 Å². The van der Waals surface area contributed by atoms with E-state index in [0.717, 1.165) is 67.8 Å². The Morgan fingerprint density at radius 1 is 1.16 bits per heavy atom. The first-order valence-electron chi connectivity index (χ1n) is 9.00. The molecule has 0 atom stereocenters. The Kier molecular flexibility index (Phi) is 4.52. The molecular weight excluding hydrogens is 336 g/mol. The number of thiophene rings is 1. The molecule has 7 heteroatoms. The van der Waals surface area contributed by atoms with Crippen molar-refractivity contribution in [2.45, 2.75) is 31.7 Å². The number of rotatable bonds is 3. The van der Waals surface area contributed by atoms with E-state index >= 15 is 0 Å². The number of anilines is 1. The molecule has 1 aliphatic heterocycles. The summed E-state index contributed by atoms with van der Waals surface area (Å²) in [6.07, 6.45) is 3.96. The topological polar surface area (TPSA) is 82.4 Å². The Morgan fingerprint density at radius 2 is 1.88 bits per heavy atom. The average Bonchev–Trinajstić information content (AvgIpc) is 3.11. The predicted octanol–water partition coefficient (Wildman–Crippen LogP) is 1.76. The number of amides is 1. The lowest BCUT2D eigenvalue weighted by molar-refractivity contribution is -0.123. The van der Waals surface area contributed by atoms with Gasteiger partial charge in [-0.25, -0.2) is 0 Å². The number of nitrogens with zero attached hydrogens (tertiary/aromatic N) is 2. The third-order valence-electron chi connectivity index (χ3n) is 5.71. The number of pyridine rings is 1.